The van der Waals surface area contributed by atoms with Crippen LogP contribution in [-0.2, 0) is 4.74 Å². The first kappa shape index (κ1) is 16.5. The van der Waals surface area contributed by atoms with E-state index in [4.69, 9.17) is 20.4 Å². The molecule has 20 heavy (non-hydrogen) atoms. The lowest BCUT2D eigenvalue weighted by molar-refractivity contribution is -0.0480. The van der Waals surface area contributed by atoms with Crippen LogP contribution in [0.15, 0.2) is 0 Å². The van der Waals surface area contributed by atoms with Gasteiger partial charge in [0.1, 0.15) is 39.0 Å². The first-order valence-electron chi connectivity index (χ1n) is 6.01. The van der Waals surface area contributed by atoms with E-state index in [1.807, 2.05) is 19.9 Å². The first-order chi connectivity index (χ1) is 9.63. The number of hydrogen-bond donors (Lipinski definition) is 3. The molecular formula is C11H15N4O4P. The molecule has 0 amide bonds. The molecule has 1 aromatic heterocycles. The Morgan fingerprint density at radius 1 is 1.30 bits per heavy atom. The molecule has 8 nitrogen and oxygen atoms in total. The van der Waals surface area contributed by atoms with E-state index >= 15 is 0 Å². The highest BCUT2D eigenvalue weighted by molar-refractivity contribution is 7.21. The van der Waals surface area contributed by atoms with Crippen molar-refractivity contribution < 1.29 is 20.1 Å². The number of ether oxygens (including phenoxy) is 1. The van der Waals surface area contributed by atoms with Gasteiger partial charge < -0.3 is 20.1 Å². The number of aromatic nitrogens is 2. The second-order valence-electron chi connectivity index (χ2n) is 3.68. The van der Waals surface area contributed by atoms with E-state index in [0.29, 0.717) is 0 Å². The highest BCUT2D eigenvalue weighted by atomic mass is 31.1. The largest absolute Gasteiger partial charge is 0.394 e. The Balaban J connectivity index is 0.000000956. The molecular weight excluding hydrogens is 283 g/mol. The van der Waals surface area contributed by atoms with Gasteiger partial charge in [0, 0.05) is 0 Å². The van der Waals surface area contributed by atoms with E-state index in [0.717, 1.165) is 0 Å². The molecule has 1 aliphatic heterocycles. The molecule has 9 heteroatoms. The summed E-state index contributed by atoms with van der Waals surface area (Å²) < 4.78 is 10.3. The standard InChI is InChI=1S/C9H9N4O4P.C2H6/c10-1-4-5(2-11)13(18-12-4)9-8(16)7(15)6(3-14)17-9;1-2/h6-9,14-16H,3H2;1-2H3. The maximum atomic E-state index is 9.80. The van der Waals surface area contributed by atoms with Crippen LogP contribution >= 0.6 is 8.51 Å². The minimum atomic E-state index is -1.29. The second kappa shape index (κ2) is 7.30. The van der Waals surface area contributed by atoms with Crippen molar-refractivity contribution in [2.24, 2.45) is 0 Å². The van der Waals surface area contributed by atoms with E-state index in [-0.39, 0.29) is 19.9 Å². The molecule has 4 atom stereocenters. The summed E-state index contributed by atoms with van der Waals surface area (Å²) in [5.74, 6) is 0. The molecule has 3 N–H and O–H groups in total. The van der Waals surface area contributed by atoms with Crippen molar-refractivity contribution >= 4 is 8.51 Å². The summed E-state index contributed by atoms with van der Waals surface area (Å²) in [6.45, 7) is 3.55. The SMILES string of the molecule is CC.N#Cc1npn(C2OC(CO)C(O)C2O)c1C#N. The predicted octanol–water partition coefficient (Wildman–Crippen LogP) is -0.156. The van der Waals surface area contributed by atoms with E-state index in [1.165, 1.54) is 4.33 Å². The van der Waals surface area contributed by atoms with E-state index < -0.39 is 31.1 Å². The van der Waals surface area contributed by atoms with E-state index in [9.17, 15) is 10.2 Å². The third-order valence-electron chi connectivity index (χ3n) is 2.66. The number of aliphatic hydroxyl groups excluding tert-OH is 3. The molecule has 0 bridgehead atoms. The highest BCUT2D eigenvalue weighted by Crippen LogP contribution is 2.33. The molecule has 108 valence electrons. The molecule has 0 aliphatic carbocycles. The van der Waals surface area contributed by atoms with Crippen LogP contribution in [0.3, 0.4) is 0 Å². The maximum absolute atomic E-state index is 9.80. The van der Waals surface area contributed by atoms with Crippen LogP contribution < -0.4 is 0 Å². The highest BCUT2D eigenvalue weighted by Gasteiger charge is 2.44. The fraction of sp³-hybridized carbons (Fsp3) is 0.636. The third kappa shape index (κ3) is 2.80. The summed E-state index contributed by atoms with van der Waals surface area (Å²) in [6.07, 6.45) is -4.47. The van der Waals surface area contributed by atoms with Gasteiger partial charge in [0.2, 0.25) is 0 Å². The Labute approximate surface area is 117 Å². The average molecular weight is 298 g/mol. The summed E-state index contributed by atoms with van der Waals surface area (Å²) in [4.78, 5) is 0. The van der Waals surface area contributed by atoms with Crippen molar-refractivity contribution in [3.63, 3.8) is 0 Å². The molecule has 2 rings (SSSR count). The van der Waals surface area contributed by atoms with Crippen LogP contribution in [-0.4, -0.2) is 49.3 Å². The fourth-order valence-corrected chi connectivity index (χ4v) is 2.58. The Morgan fingerprint density at radius 3 is 2.40 bits per heavy atom. The quantitative estimate of drug-likeness (QED) is 0.690. The van der Waals surface area contributed by atoms with Gasteiger partial charge in [-0.15, -0.1) is 0 Å². The van der Waals surface area contributed by atoms with Crippen molar-refractivity contribution in [2.75, 3.05) is 6.61 Å². The minimum absolute atomic E-state index is 0.0194. The Kier molecular flexibility index (Phi) is 6.03. The van der Waals surface area contributed by atoms with Crippen LogP contribution in [0.4, 0.5) is 0 Å². The topological polar surface area (TPSA) is 135 Å². The Bertz CT molecular complexity index is 536. The van der Waals surface area contributed by atoms with E-state index in [1.54, 1.807) is 6.07 Å². The molecule has 1 aromatic rings. The van der Waals surface area contributed by atoms with Crippen LogP contribution in [0, 0.1) is 22.7 Å². The summed E-state index contributed by atoms with van der Waals surface area (Å²) in [5, 5.41) is 46.1. The number of hydrogen-bond acceptors (Lipinski definition) is 7. The fourth-order valence-electron chi connectivity index (χ4n) is 1.73. The van der Waals surface area contributed by atoms with E-state index in [2.05, 4.69) is 4.75 Å². The van der Waals surface area contributed by atoms with Crippen LogP contribution in [0.1, 0.15) is 31.5 Å². The zero-order chi connectivity index (χ0) is 15.3. The normalized spacial score (nSPS) is 28.6. The van der Waals surface area contributed by atoms with Gasteiger partial charge in [-0.1, -0.05) is 13.8 Å². The smallest absolute Gasteiger partial charge is 0.181 e. The van der Waals surface area contributed by atoms with Gasteiger partial charge >= 0.3 is 0 Å². The van der Waals surface area contributed by atoms with Crippen molar-refractivity contribution in [1.82, 2.24) is 9.08 Å². The third-order valence-corrected chi connectivity index (χ3v) is 3.57. The lowest BCUT2D eigenvalue weighted by atomic mass is 10.1. The summed E-state index contributed by atoms with van der Waals surface area (Å²) in [7, 11) is 0.261. The van der Waals surface area contributed by atoms with Crippen LogP contribution in [0.5, 0.6) is 0 Å². The first-order valence-corrected chi connectivity index (χ1v) is 6.81. The molecule has 1 aliphatic rings. The van der Waals surface area contributed by atoms with Crippen molar-refractivity contribution in [1.29, 1.82) is 10.5 Å². The summed E-state index contributed by atoms with van der Waals surface area (Å²) in [5.41, 5.74) is -0.0640. The number of nitriles is 2. The number of rotatable bonds is 2. The molecule has 0 radical (unpaired) electrons. The van der Waals surface area contributed by atoms with Gasteiger partial charge in [0.15, 0.2) is 17.6 Å². The minimum Gasteiger partial charge on any atom is -0.394 e. The number of nitrogens with zero attached hydrogens (tertiary/aromatic N) is 4. The maximum Gasteiger partial charge on any atom is 0.181 e. The van der Waals surface area contributed by atoms with Crippen LogP contribution in [0.25, 0.3) is 0 Å². The van der Waals surface area contributed by atoms with Gasteiger partial charge in [0.25, 0.3) is 0 Å². The molecule has 0 saturated carbocycles. The second-order valence-corrected chi connectivity index (χ2v) is 4.49. The molecule has 0 aromatic carbocycles. The number of aliphatic hydroxyl groups is 3. The molecule has 4 unspecified atom stereocenters. The van der Waals surface area contributed by atoms with Crippen molar-refractivity contribution in [3.8, 4) is 12.1 Å². The molecule has 2 heterocycles. The van der Waals surface area contributed by atoms with Crippen LogP contribution in [0.2, 0.25) is 0 Å². The summed E-state index contributed by atoms with van der Waals surface area (Å²) >= 11 is 0. The van der Waals surface area contributed by atoms with Gasteiger partial charge in [-0.2, -0.15) is 15.3 Å². The van der Waals surface area contributed by atoms with Gasteiger partial charge in [0.05, 0.1) is 6.61 Å². The summed E-state index contributed by atoms with van der Waals surface area (Å²) in [6, 6.07) is 3.57. The van der Waals surface area contributed by atoms with Crippen molar-refractivity contribution in [3.05, 3.63) is 11.4 Å². The van der Waals surface area contributed by atoms with Gasteiger partial charge in [-0.05, 0) is 0 Å². The lowest BCUT2D eigenvalue weighted by Gasteiger charge is -2.15. The monoisotopic (exact) mass is 298 g/mol. The Morgan fingerprint density at radius 2 is 1.95 bits per heavy atom. The zero-order valence-electron chi connectivity index (χ0n) is 11.0. The van der Waals surface area contributed by atoms with Crippen molar-refractivity contribution in [2.45, 2.75) is 38.4 Å². The lowest BCUT2D eigenvalue weighted by Crippen LogP contribution is -2.33. The zero-order valence-corrected chi connectivity index (χ0v) is 11.9. The molecule has 0 spiro atoms. The molecule has 1 fully saturated rings. The Hall–Kier alpha value is -1.54. The van der Waals surface area contributed by atoms with Gasteiger partial charge in [-0.3, -0.25) is 4.33 Å². The molecule has 1 saturated heterocycles. The predicted molar refractivity (Wildman–Crippen MR) is 68.5 cm³/mol. The van der Waals surface area contributed by atoms with Gasteiger partial charge in [-0.25, -0.2) is 0 Å². The average Bonchev–Trinajstić information content (AvgIpc) is 3.03.